The van der Waals surface area contributed by atoms with Crippen LogP contribution in [0.25, 0.3) is 11.1 Å². The molecule has 2 rings (SSSR count). The highest BCUT2D eigenvalue weighted by atomic mass is 19.1. The van der Waals surface area contributed by atoms with Crippen LogP contribution in [0.5, 0.6) is 0 Å². The summed E-state index contributed by atoms with van der Waals surface area (Å²) < 4.78 is 18.7. The van der Waals surface area contributed by atoms with Crippen LogP contribution >= 0.6 is 0 Å². The van der Waals surface area contributed by atoms with Gasteiger partial charge in [0.1, 0.15) is 5.82 Å². The second-order valence-electron chi connectivity index (χ2n) is 6.10. The molecule has 0 spiro atoms. The number of ether oxygens (including phenoxy) is 1. The number of hydrogen-bond acceptors (Lipinski definition) is 2. The standard InChI is InChI=1S/C23H25FO2/c1-3-5-6-7-8-9-10-20-17-21(24)15-16-22(20)18-11-13-19(14-12-18)23(25)26-4-2/h11-17H,3-8H2,1-2H3. The summed E-state index contributed by atoms with van der Waals surface area (Å²) >= 11 is 0. The molecule has 0 amide bonds. The molecular weight excluding hydrogens is 327 g/mol. The lowest BCUT2D eigenvalue weighted by Crippen LogP contribution is -2.04. The highest BCUT2D eigenvalue weighted by Crippen LogP contribution is 2.25. The normalized spacial score (nSPS) is 10.1. The summed E-state index contributed by atoms with van der Waals surface area (Å²) in [5.74, 6) is 5.62. The molecule has 0 bridgehead atoms. The highest BCUT2D eigenvalue weighted by Gasteiger charge is 2.09. The van der Waals surface area contributed by atoms with Gasteiger partial charge in [-0.3, -0.25) is 0 Å². The minimum absolute atomic E-state index is 0.299. The van der Waals surface area contributed by atoms with Crippen LogP contribution in [-0.2, 0) is 4.74 Å². The lowest BCUT2D eigenvalue weighted by atomic mass is 9.98. The Morgan fingerprint density at radius 1 is 1.04 bits per heavy atom. The Hall–Kier alpha value is -2.60. The minimum atomic E-state index is -0.342. The second kappa shape index (κ2) is 10.4. The van der Waals surface area contributed by atoms with Crippen molar-refractivity contribution in [2.45, 2.75) is 46.0 Å². The van der Waals surface area contributed by atoms with E-state index in [1.807, 2.05) is 12.1 Å². The molecule has 0 radical (unpaired) electrons. The van der Waals surface area contributed by atoms with Crippen LogP contribution < -0.4 is 0 Å². The van der Waals surface area contributed by atoms with Crippen LogP contribution in [0.4, 0.5) is 4.39 Å². The predicted octanol–water partition coefficient (Wildman–Crippen LogP) is 5.99. The van der Waals surface area contributed by atoms with Gasteiger partial charge in [-0.15, -0.1) is 0 Å². The summed E-state index contributed by atoms with van der Waals surface area (Å²) in [6, 6.07) is 11.7. The summed E-state index contributed by atoms with van der Waals surface area (Å²) in [4.78, 5) is 11.8. The van der Waals surface area contributed by atoms with Gasteiger partial charge in [-0.25, -0.2) is 9.18 Å². The molecule has 26 heavy (non-hydrogen) atoms. The molecule has 0 saturated carbocycles. The SMILES string of the molecule is CCCCCCC#Cc1cc(F)ccc1-c1ccc(C(=O)OCC)cc1. The molecule has 136 valence electrons. The van der Waals surface area contributed by atoms with Crippen LogP contribution in [0.15, 0.2) is 42.5 Å². The third kappa shape index (κ3) is 5.74. The smallest absolute Gasteiger partial charge is 0.338 e. The summed E-state index contributed by atoms with van der Waals surface area (Å²) in [6.07, 6.45) is 5.48. The van der Waals surface area contributed by atoms with Crippen LogP contribution in [0.2, 0.25) is 0 Å². The van der Waals surface area contributed by atoms with Crippen molar-refractivity contribution >= 4 is 5.97 Å². The van der Waals surface area contributed by atoms with Crippen molar-refractivity contribution in [2.24, 2.45) is 0 Å². The summed E-state index contributed by atoms with van der Waals surface area (Å²) in [6.45, 7) is 4.30. The van der Waals surface area contributed by atoms with Gasteiger partial charge < -0.3 is 4.74 Å². The largest absolute Gasteiger partial charge is 0.462 e. The van der Waals surface area contributed by atoms with E-state index < -0.39 is 0 Å². The van der Waals surface area contributed by atoms with Gasteiger partial charge in [0.05, 0.1) is 12.2 Å². The van der Waals surface area contributed by atoms with Crippen LogP contribution in [0, 0.1) is 17.7 Å². The first-order chi connectivity index (χ1) is 12.7. The fraction of sp³-hybridized carbons (Fsp3) is 0.348. The lowest BCUT2D eigenvalue weighted by Gasteiger charge is -2.07. The number of unbranched alkanes of at least 4 members (excludes halogenated alkanes) is 4. The van der Waals surface area contributed by atoms with E-state index in [0.717, 1.165) is 24.0 Å². The van der Waals surface area contributed by atoms with Crippen LogP contribution in [-0.4, -0.2) is 12.6 Å². The van der Waals surface area contributed by atoms with Gasteiger partial charge in [0, 0.05) is 12.0 Å². The molecule has 0 fully saturated rings. The molecule has 2 aromatic carbocycles. The van der Waals surface area contributed by atoms with Crippen LogP contribution in [0.3, 0.4) is 0 Å². The van der Waals surface area contributed by atoms with Crippen molar-refractivity contribution in [3.63, 3.8) is 0 Å². The van der Waals surface area contributed by atoms with E-state index in [4.69, 9.17) is 4.74 Å². The highest BCUT2D eigenvalue weighted by molar-refractivity contribution is 5.90. The molecule has 0 aromatic heterocycles. The minimum Gasteiger partial charge on any atom is -0.462 e. The van der Waals surface area contributed by atoms with Crippen molar-refractivity contribution in [3.8, 4) is 23.0 Å². The number of carbonyl (C=O) groups excluding carboxylic acids is 1. The first-order valence-electron chi connectivity index (χ1n) is 9.21. The van der Waals surface area contributed by atoms with Crippen molar-refractivity contribution < 1.29 is 13.9 Å². The molecule has 0 aliphatic rings. The second-order valence-corrected chi connectivity index (χ2v) is 6.10. The van der Waals surface area contributed by atoms with E-state index >= 15 is 0 Å². The fourth-order valence-corrected chi connectivity index (χ4v) is 2.67. The zero-order valence-corrected chi connectivity index (χ0v) is 15.5. The lowest BCUT2D eigenvalue weighted by molar-refractivity contribution is 0.0526. The number of hydrogen-bond donors (Lipinski definition) is 0. The van der Waals surface area contributed by atoms with Crippen molar-refractivity contribution in [1.82, 2.24) is 0 Å². The van der Waals surface area contributed by atoms with Gasteiger partial charge in [0.2, 0.25) is 0 Å². The molecule has 0 N–H and O–H groups in total. The van der Waals surface area contributed by atoms with E-state index in [0.29, 0.717) is 17.7 Å². The van der Waals surface area contributed by atoms with Gasteiger partial charge in [-0.1, -0.05) is 56.2 Å². The number of benzene rings is 2. The Labute approximate surface area is 155 Å². The topological polar surface area (TPSA) is 26.3 Å². The Balaban J connectivity index is 2.19. The predicted molar refractivity (Wildman–Crippen MR) is 103 cm³/mol. The monoisotopic (exact) mass is 352 g/mol. The summed E-state index contributed by atoms with van der Waals surface area (Å²) in [5, 5.41) is 0. The quantitative estimate of drug-likeness (QED) is 0.347. The van der Waals surface area contributed by atoms with Crippen molar-refractivity contribution in [3.05, 3.63) is 59.4 Å². The first kappa shape index (κ1) is 19.7. The maximum atomic E-state index is 13.7. The molecule has 0 aliphatic heterocycles. The average molecular weight is 352 g/mol. The molecule has 0 heterocycles. The van der Waals surface area contributed by atoms with E-state index in [9.17, 15) is 9.18 Å². The number of esters is 1. The maximum absolute atomic E-state index is 13.7. The summed E-state index contributed by atoms with van der Waals surface area (Å²) in [7, 11) is 0. The average Bonchev–Trinajstić information content (AvgIpc) is 2.65. The molecule has 3 heteroatoms. The van der Waals surface area contributed by atoms with Gasteiger partial charge in [0.15, 0.2) is 0 Å². The van der Waals surface area contributed by atoms with Crippen molar-refractivity contribution in [1.29, 1.82) is 0 Å². The zero-order chi connectivity index (χ0) is 18.8. The Bertz CT molecular complexity index is 782. The first-order valence-corrected chi connectivity index (χ1v) is 9.21. The zero-order valence-electron chi connectivity index (χ0n) is 15.5. The molecule has 0 atom stereocenters. The Morgan fingerprint density at radius 3 is 2.50 bits per heavy atom. The van der Waals surface area contributed by atoms with E-state index in [1.165, 1.54) is 31.4 Å². The van der Waals surface area contributed by atoms with E-state index in [1.54, 1.807) is 25.1 Å². The van der Waals surface area contributed by atoms with Crippen molar-refractivity contribution in [2.75, 3.05) is 6.61 Å². The van der Waals surface area contributed by atoms with Crippen LogP contribution in [0.1, 0.15) is 61.9 Å². The molecule has 0 unspecified atom stereocenters. The fourth-order valence-electron chi connectivity index (χ4n) is 2.67. The Morgan fingerprint density at radius 2 is 1.81 bits per heavy atom. The van der Waals surface area contributed by atoms with Gasteiger partial charge >= 0.3 is 5.97 Å². The van der Waals surface area contributed by atoms with E-state index in [-0.39, 0.29) is 11.8 Å². The van der Waals surface area contributed by atoms with Gasteiger partial charge in [-0.05, 0) is 48.7 Å². The molecular formula is C23H25FO2. The molecule has 0 aliphatic carbocycles. The number of rotatable bonds is 7. The summed E-state index contributed by atoms with van der Waals surface area (Å²) in [5.41, 5.74) is 2.93. The Kier molecular flexibility index (Phi) is 7.89. The van der Waals surface area contributed by atoms with Gasteiger partial charge in [-0.2, -0.15) is 0 Å². The maximum Gasteiger partial charge on any atom is 0.338 e. The van der Waals surface area contributed by atoms with Gasteiger partial charge in [0.25, 0.3) is 0 Å². The molecule has 2 nitrogen and oxygen atoms in total. The third-order valence-electron chi connectivity index (χ3n) is 4.07. The number of carbonyl (C=O) groups is 1. The third-order valence-corrected chi connectivity index (χ3v) is 4.07. The number of halogens is 1. The molecule has 2 aromatic rings. The molecule has 0 saturated heterocycles. The van der Waals surface area contributed by atoms with E-state index in [2.05, 4.69) is 18.8 Å².